The quantitative estimate of drug-likeness (QED) is 0.944. The highest BCUT2D eigenvalue weighted by Crippen LogP contribution is 2.20. The first kappa shape index (κ1) is 12.3. The average Bonchev–Trinajstić information content (AvgIpc) is 2.57. The summed E-state index contributed by atoms with van der Waals surface area (Å²) in [5.74, 6) is 0. The summed E-state index contributed by atoms with van der Waals surface area (Å²) in [6, 6.07) is 3.86. The maximum atomic E-state index is 10.1. The second kappa shape index (κ2) is 4.98. The number of halogens is 1. The lowest BCUT2D eigenvalue weighted by molar-refractivity contribution is 0.175. The SMILES string of the molecule is Cc1cc(CC(O)c2cncc(Br)c2)n(C)n1. The van der Waals surface area contributed by atoms with Gasteiger partial charge in [-0.25, -0.2) is 0 Å². The third-order valence-electron chi connectivity index (χ3n) is 2.61. The Morgan fingerprint density at radius 3 is 2.76 bits per heavy atom. The van der Waals surface area contributed by atoms with Gasteiger partial charge in [0.15, 0.2) is 0 Å². The molecule has 0 radical (unpaired) electrons. The first-order valence-electron chi connectivity index (χ1n) is 5.34. The van der Waals surface area contributed by atoms with E-state index < -0.39 is 6.10 Å². The Labute approximate surface area is 108 Å². The van der Waals surface area contributed by atoms with E-state index >= 15 is 0 Å². The molecule has 2 aromatic rings. The van der Waals surface area contributed by atoms with Crippen molar-refractivity contribution in [2.24, 2.45) is 7.05 Å². The second-order valence-corrected chi connectivity index (χ2v) is 4.97. The Morgan fingerprint density at radius 2 is 2.18 bits per heavy atom. The number of aliphatic hydroxyl groups excluding tert-OH is 1. The predicted molar refractivity (Wildman–Crippen MR) is 68.5 cm³/mol. The molecule has 5 heteroatoms. The van der Waals surface area contributed by atoms with Crippen LogP contribution in [-0.2, 0) is 13.5 Å². The Morgan fingerprint density at radius 1 is 1.41 bits per heavy atom. The molecule has 2 rings (SSSR count). The van der Waals surface area contributed by atoms with E-state index in [4.69, 9.17) is 0 Å². The molecule has 2 aromatic heterocycles. The van der Waals surface area contributed by atoms with Crippen LogP contribution < -0.4 is 0 Å². The van der Waals surface area contributed by atoms with Gasteiger partial charge in [-0.1, -0.05) is 0 Å². The van der Waals surface area contributed by atoms with E-state index in [1.165, 1.54) is 0 Å². The van der Waals surface area contributed by atoms with Gasteiger partial charge in [-0.15, -0.1) is 0 Å². The standard InChI is InChI=1S/C12H14BrN3O/c1-8-3-11(16(2)15-8)5-12(17)9-4-10(13)7-14-6-9/h3-4,6-7,12,17H,5H2,1-2H3. The van der Waals surface area contributed by atoms with E-state index in [0.29, 0.717) is 6.42 Å². The minimum absolute atomic E-state index is 0.537. The fourth-order valence-corrected chi connectivity index (χ4v) is 2.16. The number of aryl methyl sites for hydroxylation is 2. The van der Waals surface area contributed by atoms with Gasteiger partial charge in [0.25, 0.3) is 0 Å². The molecule has 17 heavy (non-hydrogen) atoms. The lowest BCUT2D eigenvalue weighted by Crippen LogP contribution is -2.06. The monoisotopic (exact) mass is 295 g/mol. The maximum absolute atomic E-state index is 10.1. The van der Waals surface area contributed by atoms with Crippen LogP contribution in [0.5, 0.6) is 0 Å². The Balaban J connectivity index is 2.16. The van der Waals surface area contributed by atoms with Gasteiger partial charge in [-0.2, -0.15) is 5.10 Å². The van der Waals surface area contributed by atoms with Gasteiger partial charge < -0.3 is 5.11 Å². The molecule has 4 nitrogen and oxygen atoms in total. The van der Waals surface area contributed by atoms with Crippen molar-refractivity contribution >= 4 is 15.9 Å². The Kier molecular flexibility index (Phi) is 3.59. The minimum Gasteiger partial charge on any atom is -0.388 e. The van der Waals surface area contributed by atoms with Crippen molar-refractivity contribution in [1.29, 1.82) is 0 Å². The first-order valence-corrected chi connectivity index (χ1v) is 6.13. The molecule has 0 amide bonds. The van der Waals surface area contributed by atoms with Gasteiger partial charge in [0.05, 0.1) is 11.8 Å². The average molecular weight is 296 g/mol. The zero-order valence-electron chi connectivity index (χ0n) is 9.76. The van der Waals surface area contributed by atoms with Gasteiger partial charge in [0.1, 0.15) is 0 Å². The van der Waals surface area contributed by atoms with Crippen LogP contribution in [0.2, 0.25) is 0 Å². The highest BCUT2D eigenvalue weighted by atomic mass is 79.9. The van der Waals surface area contributed by atoms with Gasteiger partial charge in [0, 0.05) is 41.6 Å². The van der Waals surface area contributed by atoms with Crippen LogP contribution >= 0.6 is 15.9 Å². The molecule has 0 aromatic carbocycles. The van der Waals surface area contributed by atoms with E-state index in [1.807, 2.05) is 26.1 Å². The summed E-state index contributed by atoms with van der Waals surface area (Å²) in [7, 11) is 1.88. The number of pyridine rings is 1. The highest BCUT2D eigenvalue weighted by molar-refractivity contribution is 9.10. The number of nitrogens with zero attached hydrogens (tertiary/aromatic N) is 3. The fourth-order valence-electron chi connectivity index (χ4n) is 1.78. The van der Waals surface area contributed by atoms with Crippen molar-refractivity contribution in [3.8, 4) is 0 Å². The van der Waals surface area contributed by atoms with E-state index in [0.717, 1.165) is 21.4 Å². The largest absolute Gasteiger partial charge is 0.388 e. The van der Waals surface area contributed by atoms with Gasteiger partial charge in [-0.3, -0.25) is 9.67 Å². The summed E-state index contributed by atoms with van der Waals surface area (Å²) in [6.45, 7) is 1.94. The highest BCUT2D eigenvalue weighted by Gasteiger charge is 2.12. The summed E-state index contributed by atoms with van der Waals surface area (Å²) in [5.41, 5.74) is 2.77. The van der Waals surface area contributed by atoms with Crippen LogP contribution in [0.15, 0.2) is 29.0 Å². The molecular weight excluding hydrogens is 282 g/mol. The van der Waals surface area contributed by atoms with Crippen molar-refractivity contribution in [2.75, 3.05) is 0 Å². The maximum Gasteiger partial charge on any atom is 0.0860 e. The van der Waals surface area contributed by atoms with Crippen LogP contribution in [0.1, 0.15) is 23.1 Å². The molecule has 0 aliphatic rings. The molecule has 0 saturated carbocycles. The van der Waals surface area contributed by atoms with Crippen molar-refractivity contribution in [3.05, 3.63) is 46.0 Å². The van der Waals surface area contributed by atoms with Crippen LogP contribution in [0, 0.1) is 6.92 Å². The number of hydrogen-bond acceptors (Lipinski definition) is 3. The summed E-state index contributed by atoms with van der Waals surface area (Å²) in [6.07, 6.45) is 3.35. The van der Waals surface area contributed by atoms with Gasteiger partial charge >= 0.3 is 0 Å². The van der Waals surface area contributed by atoms with Crippen molar-refractivity contribution in [1.82, 2.24) is 14.8 Å². The normalized spacial score (nSPS) is 12.7. The molecule has 1 N–H and O–H groups in total. The van der Waals surface area contributed by atoms with Crippen molar-refractivity contribution in [3.63, 3.8) is 0 Å². The van der Waals surface area contributed by atoms with Gasteiger partial charge in [0.2, 0.25) is 0 Å². The van der Waals surface area contributed by atoms with Crippen LogP contribution in [0.3, 0.4) is 0 Å². The number of hydrogen-bond donors (Lipinski definition) is 1. The number of aliphatic hydroxyl groups is 1. The molecule has 0 spiro atoms. The van der Waals surface area contributed by atoms with Gasteiger partial charge in [-0.05, 0) is 35.0 Å². The van der Waals surface area contributed by atoms with Crippen molar-refractivity contribution < 1.29 is 5.11 Å². The van der Waals surface area contributed by atoms with E-state index in [2.05, 4.69) is 26.0 Å². The van der Waals surface area contributed by atoms with Crippen LogP contribution in [-0.4, -0.2) is 19.9 Å². The predicted octanol–water partition coefficient (Wildman–Crippen LogP) is 2.16. The minimum atomic E-state index is -0.560. The zero-order chi connectivity index (χ0) is 12.4. The molecule has 0 aliphatic heterocycles. The lowest BCUT2D eigenvalue weighted by atomic mass is 10.1. The molecule has 2 heterocycles. The van der Waals surface area contributed by atoms with E-state index in [1.54, 1.807) is 17.1 Å². The molecular formula is C12H14BrN3O. The molecule has 1 unspecified atom stereocenters. The first-order chi connectivity index (χ1) is 8.06. The Bertz CT molecular complexity index is 524. The topological polar surface area (TPSA) is 50.9 Å². The molecule has 90 valence electrons. The second-order valence-electron chi connectivity index (χ2n) is 4.06. The molecule has 0 bridgehead atoms. The zero-order valence-corrected chi connectivity index (χ0v) is 11.3. The Hall–Kier alpha value is -1.20. The van der Waals surface area contributed by atoms with Crippen LogP contribution in [0.25, 0.3) is 0 Å². The summed E-state index contributed by atoms with van der Waals surface area (Å²) < 4.78 is 2.67. The molecule has 0 saturated heterocycles. The fraction of sp³-hybridized carbons (Fsp3) is 0.333. The van der Waals surface area contributed by atoms with Crippen molar-refractivity contribution in [2.45, 2.75) is 19.4 Å². The summed E-state index contributed by atoms with van der Waals surface area (Å²) in [4.78, 5) is 4.05. The molecule has 1 atom stereocenters. The third kappa shape index (κ3) is 2.92. The van der Waals surface area contributed by atoms with E-state index in [9.17, 15) is 5.11 Å². The summed E-state index contributed by atoms with van der Waals surface area (Å²) in [5, 5.41) is 14.4. The lowest BCUT2D eigenvalue weighted by Gasteiger charge is -2.10. The third-order valence-corrected chi connectivity index (χ3v) is 3.05. The number of rotatable bonds is 3. The molecule has 0 aliphatic carbocycles. The summed E-state index contributed by atoms with van der Waals surface area (Å²) >= 11 is 3.34. The van der Waals surface area contributed by atoms with E-state index in [-0.39, 0.29) is 0 Å². The number of aromatic nitrogens is 3. The smallest absolute Gasteiger partial charge is 0.0860 e. The molecule has 0 fully saturated rings. The van der Waals surface area contributed by atoms with Crippen LogP contribution in [0.4, 0.5) is 0 Å².